The topological polar surface area (TPSA) is 67.4 Å². The van der Waals surface area contributed by atoms with Crippen molar-refractivity contribution < 1.29 is 14.3 Å². The van der Waals surface area contributed by atoms with Crippen LogP contribution in [0.2, 0.25) is 5.02 Å². The molecule has 27 heavy (non-hydrogen) atoms. The van der Waals surface area contributed by atoms with Crippen molar-refractivity contribution in [3.8, 4) is 11.5 Å². The van der Waals surface area contributed by atoms with E-state index in [-0.39, 0.29) is 18.4 Å². The number of ether oxygens (including phenoxy) is 1. The zero-order valence-electron chi connectivity index (χ0n) is 15.0. The lowest BCUT2D eigenvalue weighted by atomic mass is 10.0. The predicted molar refractivity (Wildman–Crippen MR) is 106 cm³/mol. The molecule has 1 saturated carbocycles. The first-order valence-electron chi connectivity index (χ1n) is 9.19. The van der Waals surface area contributed by atoms with E-state index in [2.05, 4.69) is 10.6 Å². The van der Waals surface area contributed by atoms with Crippen LogP contribution in [-0.4, -0.2) is 18.4 Å². The third kappa shape index (κ3) is 6.00. The molecular weight excluding hydrogens is 364 g/mol. The highest BCUT2D eigenvalue weighted by molar-refractivity contribution is 6.32. The van der Waals surface area contributed by atoms with Crippen LogP contribution in [0.3, 0.4) is 0 Å². The van der Waals surface area contributed by atoms with Gasteiger partial charge >= 0.3 is 0 Å². The lowest BCUT2D eigenvalue weighted by Crippen LogP contribution is -2.33. The van der Waals surface area contributed by atoms with Crippen molar-refractivity contribution in [1.82, 2.24) is 5.32 Å². The van der Waals surface area contributed by atoms with Gasteiger partial charge < -0.3 is 15.4 Å². The number of rotatable bonds is 7. The van der Waals surface area contributed by atoms with Gasteiger partial charge in [0.25, 0.3) is 0 Å². The zero-order valence-corrected chi connectivity index (χ0v) is 15.8. The lowest BCUT2D eigenvalue weighted by Gasteiger charge is -2.11. The second kappa shape index (κ2) is 9.42. The van der Waals surface area contributed by atoms with Gasteiger partial charge in [-0.1, -0.05) is 36.6 Å². The Kier molecular flexibility index (Phi) is 6.71. The Morgan fingerprint density at radius 3 is 2.41 bits per heavy atom. The number of nitrogens with one attached hydrogen (secondary N) is 2. The molecule has 0 aliphatic heterocycles. The van der Waals surface area contributed by atoms with Gasteiger partial charge in [-0.3, -0.25) is 9.59 Å². The Hall–Kier alpha value is -2.53. The van der Waals surface area contributed by atoms with Gasteiger partial charge in [-0.05, 0) is 55.2 Å². The molecule has 142 valence electrons. The number of anilines is 1. The molecule has 1 fully saturated rings. The van der Waals surface area contributed by atoms with E-state index >= 15 is 0 Å². The highest BCUT2D eigenvalue weighted by Crippen LogP contribution is 2.29. The average molecular weight is 387 g/mol. The smallest absolute Gasteiger partial charge is 0.243 e. The molecule has 2 N–H and O–H groups in total. The van der Waals surface area contributed by atoms with Gasteiger partial charge in [0.15, 0.2) is 0 Å². The van der Waals surface area contributed by atoms with Crippen molar-refractivity contribution in [1.29, 1.82) is 0 Å². The third-order valence-corrected chi connectivity index (χ3v) is 4.91. The number of carbonyl (C=O) groups excluding carboxylic acids is 2. The molecule has 2 amide bonds. The maximum Gasteiger partial charge on any atom is 0.243 e. The van der Waals surface area contributed by atoms with Gasteiger partial charge in [-0.15, -0.1) is 0 Å². The molecule has 0 bridgehead atoms. The van der Waals surface area contributed by atoms with E-state index in [1.807, 2.05) is 12.1 Å². The number of hydrogen-bond acceptors (Lipinski definition) is 3. The molecule has 0 aromatic heterocycles. The summed E-state index contributed by atoms with van der Waals surface area (Å²) >= 11 is 6.07. The molecular formula is C21H23ClN2O3. The molecule has 0 atom stereocenters. The van der Waals surface area contributed by atoms with E-state index in [4.69, 9.17) is 16.3 Å². The Balaban J connectivity index is 1.44. The minimum Gasteiger partial charge on any atom is -0.456 e. The van der Waals surface area contributed by atoms with Crippen LogP contribution in [0, 0.1) is 5.92 Å². The molecule has 0 saturated heterocycles. The maximum absolute atomic E-state index is 12.0. The second-order valence-corrected chi connectivity index (χ2v) is 7.14. The van der Waals surface area contributed by atoms with Crippen molar-refractivity contribution in [3.05, 3.63) is 53.6 Å². The fraction of sp³-hybridized carbons (Fsp3) is 0.333. The maximum atomic E-state index is 12.0. The zero-order chi connectivity index (χ0) is 19.1. The van der Waals surface area contributed by atoms with Gasteiger partial charge in [0, 0.05) is 12.1 Å². The first-order valence-corrected chi connectivity index (χ1v) is 9.57. The largest absolute Gasteiger partial charge is 0.456 e. The van der Waals surface area contributed by atoms with Crippen molar-refractivity contribution in [2.75, 3.05) is 11.9 Å². The summed E-state index contributed by atoms with van der Waals surface area (Å²) < 4.78 is 5.71. The monoisotopic (exact) mass is 386 g/mol. The lowest BCUT2D eigenvalue weighted by molar-refractivity contribution is -0.124. The molecule has 1 aliphatic rings. The van der Waals surface area contributed by atoms with E-state index in [9.17, 15) is 9.59 Å². The molecule has 3 rings (SSSR count). The predicted octanol–water partition coefficient (Wildman–Crippen LogP) is 4.77. The number of carbonyl (C=O) groups is 2. The van der Waals surface area contributed by atoms with Crippen molar-refractivity contribution in [2.45, 2.75) is 32.1 Å². The normalized spacial score (nSPS) is 14.0. The van der Waals surface area contributed by atoms with Crippen LogP contribution in [-0.2, 0) is 9.59 Å². The van der Waals surface area contributed by atoms with Crippen LogP contribution in [0.4, 0.5) is 5.69 Å². The van der Waals surface area contributed by atoms with Crippen LogP contribution in [0.1, 0.15) is 32.1 Å². The fourth-order valence-corrected chi connectivity index (χ4v) is 3.37. The van der Waals surface area contributed by atoms with Crippen LogP contribution in [0.25, 0.3) is 0 Å². The molecule has 0 heterocycles. The van der Waals surface area contributed by atoms with Gasteiger partial charge in [-0.2, -0.15) is 0 Å². The highest BCUT2D eigenvalue weighted by Gasteiger charge is 2.18. The summed E-state index contributed by atoms with van der Waals surface area (Å²) in [5.41, 5.74) is 0.636. The molecule has 6 heteroatoms. The van der Waals surface area contributed by atoms with Gasteiger partial charge in [0.1, 0.15) is 11.5 Å². The Bertz CT molecular complexity index is 786. The minimum atomic E-state index is -0.255. The summed E-state index contributed by atoms with van der Waals surface area (Å²) in [6.45, 7) is -0.0244. The number of amides is 2. The van der Waals surface area contributed by atoms with Crippen molar-refractivity contribution >= 4 is 29.1 Å². The van der Waals surface area contributed by atoms with Crippen LogP contribution in [0.15, 0.2) is 48.5 Å². The van der Waals surface area contributed by atoms with Gasteiger partial charge in [-0.25, -0.2) is 0 Å². The quantitative estimate of drug-likeness (QED) is 0.720. The molecule has 0 radical (unpaired) electrons. The third-order valence-electron chi connectivity index (χ3n) is 4.60. The molecule has 2 aromatic rings. The van der Waals surface area contributed by atoms with E-state index in [0.717, 1.165) is 12.8 Å². The summed E-state index contributed by atoms with van der Waals surface area (Å²) in [6, 6.07) is 14.2. The standard InChI is InChI=1S/C21H23ClN2O3/c22-18-7-3-4-8-19(18)27-17-11-9-16(10-12-17)24-21(26)14-23-20(25)13-15-5-1-2-6-15/h3-4,7-12,15H,1-2,5-6,13-14H2,(H,23,25)(H,24,26). The average Bonchev–Trinajstić information content (AvgIpc) is 3.16. The number of para-hydroxylation sites is 1. The first-order chi connectivity index (χ1) is 13.1. The molecule has 0 unspecified atom stereocenters. The Labute approximate surface area is 164 Å². The Morgan fingerprint density at radius 1 is 1.00 bits per heavy atom. The van der Waals surface area contributed by atoms with Crippen LogP contribution >= 0.6 is 11.6 Å². The van der Waals surface area contributed by atoms with Gasteiger partial charge in [0.05, 0.1) is 11.6 Å². The molecule has 0 spiro atoms. The number of hydrogen-bond donors (Lipinski definition) is 2. The molecule has 1 aliphatic carbocycles. The second-order valence-electron chi connectivity index (χ2n) is 6.74. The van der Waals surface area contributed by atoms with Gasteiger partial charge in [0.2, 0.25) is 11.8 Å². The summed E-state index contributed by atoms with van der Waals surface area (Å²) in [6.07, 6.45) is 5.15. The van der Waals surface area contributed by atoms with E-state index < -0.39 is 0 Å². The minimum absolute atomic E-state index is 0.0244. The Morgan fingerprint density at radius 2 is 1.70 bits per heavy atom. The molecule has 2 aromatic carbocycles. The molecule has 5 nitrogen and oxygen atoms in total. The summed E-state index contributed by atoms with van der Waals surface area (Å²) in [4.78, 5) is 23.9. The van der Waals surface area contributed by atoms with Crippen LogP contribution < -0.4 is 15.4 Å². The van der Waals surface area contributed by atoms with E-state index in [1.165, 1.54) is 12.8 Å². The fourth-order valence-electron chi connectivity index (χ4n) is 3.19. The number of benzene rings is 2. The summed E-state index contributed by atoms with van der Waals surface area (Å²) in [5.74, 6) is 1.35. The van der Waals surface area contributed by atoms with E-state index in [0.29, 0.717) is 34.5 Å². The van der Waals surface area contributed by atoms with Crippen molar-refractivity contribution in [3.63, 3.8) is 0 Å². The first kappa shape index (κ1) is 19.2. The number of halogens is 1. The van der Waals surface area contributed by atoms with Crippen LogP contribution in [0.5, 0.6) is 11.5 Å². The van der Waals surface area contributed by atoms with E-state index in [1.54, 1.807) is 36.4 Å². The highest BCUT2D eigenvalue weighted by atomic mass is 35.5. The summed E-state index contributed by atoms with van der Waals surface area (Å²) in [7, 11) is 0. The SMILES string of the molecule is O=C(CC1CCCC1)NCC(=O)Nc1ccc(Oc2ccccc2Cl)cc1. The van der Waals surface area contributed by atoms with Crippen molar-refractivity contribution in [2.24, 2.45) is 5.92 Å². The summed E-state index contributed by atoms with van der Waals surface area (Å²) in [5, 5.41) is 5.98.